The van der Waals surface area contributed by atoms with E-state index in [1.807, 2.05) is 28.8 Å². The smallest absolute Gasteiger partial charge is 0.221 e. The third kappa shape index (κ3) is 4.88. The van der Waals surface area contributed by atoms with E-state index in [0.29, 0.717) is 24.3 Å². The number of nitrogens with zero attached hydrogens (tertiary/aromatic N) is 3. The van der Waals surface area contributed by atoms with Gasteiger partial charge in [-0.1, -0.05) is 35.9 Å². The Morgan fingerprint density at radius 3 is 2.73 bits per heavy atom. The molecule has 2 aromatic heterocycles. The molecule has 3 heterocycles. The zero-order chi connectivity index (χ0) is 20.9. The van der Waals surface area contributed by atoms with Crippen molar-refractivity contribution in [2.75, 3.05) is 19.6 Å². The van der Waals surface area contributed by atoms with Crippen molar-refractivity contribution in [2.24, 2.45) is 0 Å². The van der Waals surface area contributed by atoms with Crippen LogP contribution in [0.25, 0.3) is 11.4 Å². The molecule has 1 aliphatic rings. The number of carbonyl (C=O) groups is 1. The average molecular weight is 442 g/mol. The fraction of sp³-hybridized carbons (Fsp3) is 0.409. The molecule has 1 fully saturated rings. The molecule has 0 radical (unpaired) electrons. The molecule has 3 aromatic rings. The van der Waals surface area contributed by atoms with Gasteiger partial charge >= 0.3 is 0 Å². The van der Waals surface area contributed by atoms with Crippen molar-refractivity contribution in [3.63, 3.8) is 0 Å². The summed E-state index contributed by atoms with van der Waals surface area (Å²) in [6, 6.07) is 12.7. The molecule has 8 heteroatoms. The van der Waals surface area contributed by atoms with Crippen molar-refractivity contribution in [3.8, 4) is 11.4 Å². The van der Waals surface area contributed by atoms with Crippen molar-refractivity contribution in [1.82, 2.24) is 25.0 Å². The molecule has 4 rings (SSSR count). The zero-order valence-electron chi connectivity index (χ0n) is 17.1. The van der Waals surface area contributed by atoms with E-state index in [-0.39, 0.29) is 11.9 Å². The van der Waals surface area contributed by atoms with Crippen LogP contribution in [-0.2, 0) is 11.3 Å². The van der Waals surface area contributed by atoms with Crippen LogP contribution in [-0.4, -0.2) is 45.2 Å². The highest BCUT2D eigenvalue weighted by atomic mass is 32.1. The van der Waals surface area contributed by atoms with Crippen LogP contribution in [0, 0.1) is 11.7 Å². The maximum atomic E-state index is 12.6. The van der Waals surface area contributed by atoms with Crippen LogP contribution in [0.4, 0.5) is 0 Å². The van der Waals surface area contributed by atoms with Crippen LogP contribution in [0.1, 0.15) is 35.7 Å². The van der Waals surface area contributed by atoms with Crippen molar-refractivity contribution in [1.29, 1.82) is 0 Å². The molecule has 0 spiro atoms. The van der Waals surface area contributed by atoms with E-state index in [1.165, 1.54) is 23.3 Å². The number of hydrogen-bond acceptors (Lipinski definition) is 5. The summed E-state index contributed by atoms with van der Waals surface area (Å²) in [4.78, 5) is 16.4. The lowest BCUT2D eigenvalue weighted by Gasteiger charge is -2.27. The number of nitrogens with one attached hydrogen (secondary N) is 2. The molecule has 158 valence electrons. The number of thiophene rings is 1. The largest absolute Gasteiger partial charge is 0.354 e. The molecule has 0 bridgehead atoms. The molecule has 1 aliphatic heterocycles. The topological polar surface area (TPSA) is 66.0 Å². The molecule has 1 unspecified atom stereocenters. The predicted molar refractivity (Wildman–Crippen MR) is 123 cm³/mol. The Hall–Kier alpha value is -2.29. The number of rotatable bonds is 8. The van der Waals surface area contributed by atoms with Crippen molar-refractivity contribution < 1.29 is 4.79 Å². The third-order valence-corrected chi connectivity index (χ3v) is 6.86. The molecule has 30 heavy (non-hydrogen) atoms. The number of likely N-dealkylation sites (tertiary alicyclic amines) is 1. The first-order valence-electron chi connectivity index (χ1n) is 10.4. The first kappa shape index (κ1) is 21.0. The molecule has 1 atom stereocenters. The third-order valence-electron chi connectivity index (χ3n) is 5.58. The Morgan fingerprint density at radius 2 is 2.03 bits per heavy atom. The van der Waals surface area contributed by atoms with Gasteiger partial charge in [0, 0.05) is 30.0 Å². The predicted octanol–water partition coefficient (Wildman–Crippen LogP) is 4.32. The number of benzene rings is 1. The van der Waals surface area contributed by atoms with Gasteiger partial charge in [-0.05, 0) is 56.5 Å². The molecule has 1 amide bonds. The Balaban J connectivity index is 1.37. The number of H-pyrrole nitrogens is 1. The molecule has 6 nitrogen and oxygen atoms in total. The number of aryl methyl sites for hydroxylation is 1. The van der Waals surface area contributed by atoms with Gasteiger partial charge in [-0.15, -0.1) is 11.3 Å². The molecule has 0 saturated carbocycles. The second kappa shape index (κ2) is 9.68. The maximum absolute atomic E-state index is 12.6. The monoisotopic (exact) mass is 441 g/mol. The summed E-state index contributed by atoms with van der Waals surface area (Å²) in [6.07, 6.45) is 2.83. The summed E-state index contributed by atoms with van der Waals surface area (Å²) in [5.74, 6) is 0.801. The van der Waals surface area contributed by atoms with E-state index in [1.54, 1.807) is 11.3 Å². The maximum Gasteiger partial charge on any atom is 0.221 e. The van der Waals surface area contributed by atoms with Gasteiger partial charge in [0.15, 0.2) is 10.6 Å². The Bertz CT molecular complexity index is 1020. The lowest BCUT2D eigenvalue weighted by molar-refractivity contribution is -0.121. The average Bonchev–Trinajstić information content (AvgIpc) is 3.51. The molecule has 1 aromatic carbocycles. The van der Waals surface area contributed by atoms with Gasteiger partial charge < -0.3 is 5.32 Å². The normalized spacial score (nSPS) is 15.4. The van der Waals surface area contributed by atoms with Crippen LogP contribution in [0.5, 0.6) is 0 Å². The van der Waals surface area contributed by atoms with Crippen LogP contribution >= 0.6 is 23.6 Å². The van der Waals surface area contributed by atoms with Gasteiger partial charge in [0.1, 0.15) is 0 Å². The quantitative estimate of drug-likeness (QED) is 0.511. The summed E-state index contributed by atoms with van der Waals surface area (Å²) < 4.78 is 2.43. The highest BCUT2D eigenvalue weighted by Crippen LogP contribution is 2.27. The summed E-state index contributed by atoms with van der Waals surface area (Å²) >= 11 is 7.15. The molecule has 2 N–H and O–H groups in total. The number of carbonyl (C=O) groups excluding carboxylic acids is 1. The highest BCUT2D eigenvalue weighted by Gasteiger charge is 2.24. The summed E-state index contributed by atoms with van der Waals surface area (Å²) in [5, 5.41) is 12.5. The van der Waals surface area contributed by atoms with Crippen LogP contribution < -0.4 is 5.32 Å². The summed E-state index contributed by atoms with van der Waals surface area (Å²) in [5.41, 5.74) is 2.18. The van der Waals surface area contributed by atoms with Gasteiger partial charge in [-0.3, -0.25) is 19.4 Å². The summed E-state index contributed by atoms with van der Waals surface area (Å²) in [6.45, 7) is 5.39. The SMILES string of the molecule is Cc1ccc(-c2n[nH]c(=S)n2CCC(=O)NCC(c2cccs2)N2CCCC2)cc1. The van der Waals surface area contributed by atoms with E-state index < -0.39 is 0 Å². The second-order valence-electron chi connectivity index (χ2n) is 7.70. The van der Waals surface area contributed by atoms with Gasteiger partial charge in [-0.25, -0.2) is 0 Å². The van der Waals surface area contributed by atoms with E-state index in [0.717, 1.165) is 24.5 Å². The van der Waals surface area contributed by atoms with Crippen LogP contribution in [0.2, 0.25) is 0 Å². The Morgan fingerprint density at radius 1 is 1.27 bits per heavy atom. The van der Waals surface area contributed by atoms with Crippen molar-refractivity contribution >= 4 is 29.5 Å². The van der Waals surface area contributed by atoms with Crippen LogP contribution in [0.3, 0.4) is 0 Å². The fourth-order valence-corrected chi connectivity index (χ4v) is 4.99. The second-order valence-corrected chi connectivity index (χ2v) is 9.06. The Labute approximate surface area is 185 Å². The minimum Gasteiger partial charge on any atom is -0.354 e. The fourth-order valence-electron chi connectivity index (χ4n) is 3.90. The lowest BCUT2D eigenvalue weighted by Crippen LogP contribution is -2.36. The first-order chi connectivity index (χ1) is 14.6. The molecular weight excluding hydrogens is 414 g/mol. The summed E-state index contributed by atoms with van der Waals surface area (Å²) in [7, 11) is 0. The van der Waals surface area contributed by atoms with Crippen LogP contribution in [0.15, 0.2) is 41.8 Å². The lowest BCUT2D eigenvalue weighted by atomic mass is 10.1. The van der Waals surface area contributed by atoms with Gasteiger partial charge in [0.25, 0.3) is 0 Å². The van der Waals surface area contributed by atoms with Gasteiger partial charge in [-0.2, -0.15) is 5.10 Å². The minimum atomic E-state index is 0.0358. The molecule has 1 saturated heterocycles. The van der Waals surface area contributed by atoms with Gasteiger partial charge in [0.2, 0.25) is 5.91 Å². The van der Waals surface area contributed by atoms with E-state index in [4.69, 9.17) is 12.2 Å². The van der Waals surface area contributed by atoms with E-state index in [2.05, 4.69) is 44.9 Å². The van der Waals surface area contributed by atoms with Gasteiger partial charge in [0.05, 0.1) is 6.04 Å². The number of aromatic nitrogens is 3. The molecule has 0 aliphatic carbocycles. The number of hydrogen-bond donors (Lipinski definition) is 2. The zero-order valence-corrected chi connectivity index (χ0v) is 18.8. The van der Waals surface area contributed by atoms with Crippen molar-refractivity contribution in [3.05, 3.63) is 57.0 Å². The Kier molecular flexibility index (Phi) is 6.76. The van der Waals surface area contributed by atoms with Crippen molar-refractivity contribution in [2.45, 2.75) is 38.8 Å². The molecular formula is C22H27N5OS2. The minimum absolute atomic E-state index is 0.0358. The van der Waals surface area contributed by atoms with E-state index >= 15 is 0 Å². The standard InChI is InChI=1S/C22H27N5OS2/c1-16-6-8-17(9-7-16)21-24-25-22(29)27(21)13-10-20(28)23-15-18(19-5-4-14-30-19)26-11-2-3-12-26/h4-9,14,18H,2-3,10-13,15H2,1H3,(H,23,28)(H,25,29). The number of amides is 1. The number of aromatic amines is 1. The van der Waals surface area contributed by atoms with E-state index in [9.17, 15) is 4.79 Å². The highest BCUT2D eigenvalue weighted by molar-refractivity contribution is 7.71. The first-order valence-corrected chi connectivity index (χ1v) is 11.7.